The normalized spacial score (nSPS) is 18.6. The topological polar surface area (TPSA) is 66.8 Å². The van der Waals surface area contributed by atoms with Crippen LogP contribution in [0, 0.1) is 0 Å². The Labute approximate surface area is 219 Å². The van der Waals surface area contributed by atoms with Crippen molar-refractivity contribution in [3.05, 3.63) is 117 Å². The van der Waals surface area contributed by atoms with E-state index < -0.39 is 17.7 Å². The average Bonchev–Trinajstić information content (AvgIpc) is 3.56. The number of benzene rings is 3. The molecule has 0 bridgehead atoms. The van der Waals surface area contributed by atoms with Crippen LogP contribution in [-0.4, -0.2) is 16.8 Å². The number of carbonyl (C=O) groups excluding carboxylic acids is 2. The molecule has 4 aromatic rings. The fourth-order valence-corrected chi connectivity index (χ4v) is 5.97. The van der Waals surface area contributed by atoms with Crippen molar-refractivity contribution >= 4 is 34.5 Å². The lowest BCUT2D eigenvalue weighted by molar-refractivity contribution is -0.132. The van der Waals surface area contributed by atoms with Crippen molar-refractivity contribution < 1.29 is 19.4 Å². The molecule has 184 valence electrons. The predicted molar refractivity (Wildman–Crippen MR) is 145 cm³/mol. The molecule has 1 atom stereocenters. The molecular formula is C31H25NO4S. The summed E-state index contributed by atoms with van der Waals surface area (Å²) < 4.78 is 5.89. The smallest absolute Gasteiger partial charge is 0.300 e. The molecule has 1 fully saturated rings. The summed E-state index contributed by atoms with van der Waals surface area (Å²) in [6, 6.07) is 25.4. The zero-order valence-electron chi connectivity index (χ0n) is 20.1. The van der Waals surface area contributed by atoms with Crippen LogP contribution in [-0.2, 0) is 22.4 Å². The van der Waals surface area contributed by atoms with Gasteiger partial charge in [0.15, 0.2) is 0 Å². The molecule has 6 rings (SSSR count). The molecule has 1 aromatic heterocycles. The molecule has 5 nitrogen and oxygen atoms in total. The zero-order chi connectivity index (χ0) is 25.4. The van der Waals surface area contributed by atoms with Gasteiger partial charge in [-0.05, 0) is 90.7 Å². The number of ether oxygens (including phenoxy) is 1. The Bertz CT molecular complexity index is 1490. The molecule has 3 aromatic carbocycles. The van der Waals surface area contributed by atoms with Gasteiger partial charge in [-0.2, -0.15) is 0 Å². The number of hydrogen-bond acceptors (Lipinski definition) is 5. The van der Waals surface area contributed by atoms with Gasteiger partial charge in [-0.3, -0.25) is 14.5 Å². The summed E-state index contributed by atoms with van der Waals surface area (Å²) in [7, 11) is 0. The van der Waals surface area contributed by atoms with Crippen LogP contribution in [0.5, 0.6) is 11.5 Å². The van der Waals surface area contributed by atoms with E-state index in [4.69, 9.17) is 4.74 Å². The Morgan fingerprint density at radius 3 is 2.30 bits per heavy atom. The maximum Gasteiger partial charge on any atom is 0.300 e. The SMILES string of the molecule is O=C1C(=O)N(c2ccc(Oc3ccccc3)cc2)C(c2cccs2)/C1=C(/O)c1ccc2c(c1)CCCC2. The van der Waals surface area contributed by atoms with Crippen LogP contribution in [0.4, 0.5) is 5.69 Å². The van der Waals surface area contributed by atoms with Gasteiger partial charge in [-0.25, -0.2) is 0 Å². The van der Waals surface area contributed by atoms with E-state index in [-0.39, 0.29) is 11.3 Å². The monoisotopic (exact) mass is 507 g/mol. The number of para-hydroxylation sites is 1. The number of nitrogens with zero attached hydrogens (tertiary/aromatic N) is 1. The van der Waals surface area contributed by atoms with Crippen molar-refractivity contribution in [1.82, 2.24) is 0 Å². The highest BCUT2D eigenvalue weighted by Gasteiger charge is 2.47. The maximum absolute atomic E-state index is 13.4. The highest BCUT2D eigenvalue weighted by atomic mass is 32.1. The molecule has 1 aliphatic carbocycles. The van der Waals surface area contributed by atoms with E-state index >= 15 is 0 Å². The third-order valence-electron chi connectivity index (χ3n) is 6.97. The minimum absolute atomic E-state index is 0.118. The number of thiophene rings is 1. The number of anilines is 1. The lowest BCUT2D eigenvalue weighted by atomic mass is 9.89. The second-order valence-electron chi connectivity index (χ2n) is 9.28. The van der Waals surface area contributed by atoms with Gasteiger partial charge in [0, 0.05) is 16.1 Å². The largest absolute Gasteiger partial charge is 0.507 e. The molecule has 2 heterocycles. The summed E-state index contributed by atoms with van der Waals surface area (Å²) in [6.45, 7) is 0. The van der Waals surface area contributed by atoms with E-state index in [2.05, 4.69) is 0 Å². The van der Waals surface area contributed by atoms with Crippen molar-refractivity contribution in [2.75, 3.05) is 4.90 Å². The summed E-state index contributed by atoms with van der Waals surface area (Å²) in [5.74, 6) is -0.142. The van der Waals surface area contributed by atoms with Gasteiger partial charge in [0.05, 0.1) is 5.57 Å². The molecule has 0 spiro atoms. The number of carbonyl (C=O) groups is 2. The summed E-state index contributed by atoms with van der Waals surface area (Å²) >= 11 is 1.45. The molecule has 6 heteroatoms. The quantitative estimate of drug-likeness (QED) is 0.179. The molecule has 1 aliphatic heterocycles. The number of aryl methyl sites for hydroxylation is 2. The zero-order valence-corrected chi connectivity index (χ0v) is 20.9. The number of hydrogen-bond donors (Lipinski definition) is 1. The number of rotatable bonds is 5. The Kier molecular flexibility index (Phi) is 6.10. The van der Waals surface area contributed by atoms with Crippen LogP contribution < -0.4 is 9.64 Å². The summed E-state index contributed by atoms with van der Waals surface area (Å²) in [5.41, 5.74) is 3.74. The number of aliphatic hydroxyl groups is 1. The third-order valence-corrected chi connectivity index (χ3v) is 7.90. The lowest BCUT2D eigenvalue weighted by Gasteiger charge is -2.24. The summed E-state index contributed by atoms with van der Waals surface area (Å²) in [6.07, 6.45) is 4.26. The number of aliphatic hydroxyl groups excluding tert-OH is 1. The second kappa shape index (κ2) is 9.71. The Morgan fingerprint density at radius 2 is 1.57 bits per heavy atom. The molecular weight excluding hydrogens is 482 g/mol. The van der Waals surface area contributed by atoms with E-state index in [1.165, 1.54) is 27.4 Å². The van der Waals surface area contributed by atoms with Gasteiger partial charge in [0.25, 0.3) is 11.7 Å². The predicted octanol–water partition coefficient (Wildman–Crippen LogP) is 7.05. The first-order chi connectivity index (χ1) is 18.1. The van der Waals surface area contributed by atoms with Gasteiger partial charge < -0.3 is 9.84 Å². The van der Waals surface area contributed by atoms with E-state index in [1.54, 1.807) is 24.3 Å². The summed E-state index contributed by atoms with van der Waals surface area (Å²) in [5, 5.41) is 13.3. The van der Waals surface area contributed by atoms with Gasteiger partial charge in [0.1, 0.15) is 23.3 Å². The molecule has 1 unspecified atom stereocenters. The number of fused-ring (bicyclic) bond motifs is 1. The van der Waals surface area contributed by atoms with Crippen LogP contribution in [0.25, 0.3) is 5.76 Å². The fourth-order valence-electron chi connectivity index (χ4n) is 5.15. The standard InChI is InChI=1S/C31H25NO4S/c33-29(22-13-12-20-7-4-5-8-21(20)19-22)27-28(26-11-6-18-37-26)32(31(35)30(27)34)23-14-16-25(17-15-23)36-24-9-2-1-3-10-24/h1-3,6,9-19,28,33H,4-5,7-8H2/b29-27-. The molecule has 0 radical (unpaired) electrons. The van der Waals surface area contributed by atoms with Gasteiger partial charge in [0.2, 0.25) is 0 Å². The van der Waals surface area contributed by atoms with Crippen molar-refractivity contribution in [3.63, 3.8) is 0 Å². The van der Waals surface area contributed by atoms with Gasteiger partial charge >= 0.3 is 0 Å². The maximum atomic E-state index is 13.4. The Hall–Kier alpha value is -4.16. The highest BCUT2D eigenvalue weighted by Crippen LogP contribution is 2.44. The average molecular weight is 508 g/mol. The number of Topliss-reactive ketones (excluding diaryl/α,β-unsaturated/α-hetero) is 1. The molecule has 2 aliphatic rings. The summed E-state index contributed by atoms with van der Waals surface area (Å²) in [4.78, 5) is 29.0. The van der Waals surface area contributed by atoms with Crippen LogP contribution in [0.3, 0.4) is 0 Å². The molecule has 1 N–H and O–H groups in total. The third kappa shape index (κ3) is 4.34. The minimum atomic E-state index is -0.711. The Morgan fingerprint density at radius 1 is 0.838 bits per heavy atom. The second-order valence-corrected chi connectivity index (χ2v) is 10.3. The van der Waals surface area contributed by atoms with Gasteiger partial charge in [-0.1, -0.05) is 36.4 Å². The highest BCUT2D eigenvalue weighted by molar-refractivity contribution is 7.10. The number of amides is 1. The van der Waals surface area contributed by atoms with Gasteiger partial charge in [-0.15, -0.1) is 11.3 Å². The van der Waals surface area contributed by atoms with E-state index in [1.807, 2.05) is 66.0 Å². The van der Waals surface area contributed by atoms with Crippen LogP contribution >= 0.6 is 11.3 Å². The molecule has 1 amide bonds. The van der Waals surface area contributed by atoms with Crippen molar-refractivity contribution in [2.24, 2.45) is 0 Å². The first-order valence-corrected chi connectivity index (χ1v) is 13.3. The van der Waals surface area contributed by atoms with Crippen LogP contribution in [0.1, 0.15) is 40.5 Å². The molecule has 0 saturated carbocycles. The first kappa shape index (κ1) is 23.3. The molecule has 37 heavy (non-hydrogen) atoms. The van der Waals surface area contributed by atoms with E-state index in [0.29, 0.717) is 22.7 Å². The first-order valence-electron chi connectivity index (χ1n) is 12.4. The van der Waals surface area contributed by atoms with Crippen molar-refractivity contribution in [3.8, 4) is 11.5 Å². The Balaban J connectivity index is 1.39. The van der Waals surface area contributed by atoms with Crippen molar-refractivity contribution in [1.29, 1.82) is 0 Å². The van der Waals surface area contributed by atoms with Crippen LogP contribution in [0.15, 0.2) is 95.9 Å². The van der Waals surface area contributed by atoms with E-state index in [0.717, 1.165) is 30.6 Å². The lowest BCUT2D eigenvalue weighted by Crippen LogP contribution is -2.29. The molecule has 1 saturated heterocycles. The van der Waals surface area contributed by atoms with Crippen LogP contribution in [0.2, 0.25) is 0 Å². The van der Waals surface area contributed by atoms with Crippen molar-refractivity contribution in [2.45, 2.75) is 31.7 Å². The van der Waals surface area contributed by atoms with E-state index in [9.17, 15) is 14.7 Å². The fraction of sp³-hybridized carbons (Fsp3) is 0.161. The minimum Gasteiger partial charge on any atom is -0.507 e. The number of ketones is 1.